The molecule has 0 aliphatic carbocycles. The Bertz CT molecular complexity index is 1390. The van der Waals surface area contributed by atoms with Gasteiger partial charge < -0.3 is 42.6 Å². The highest BCUT2D eigenvalue weighted by Crippen LogP contribution is 2.19. The number of amides is 4. The number of aromatic amines is 1. The van der Waals surface area contributed by atoms with Crippen molar-refractivity contribution in [2.45, 2.75) is 56.5 Å². The summed E-state index contributed by atoms with van der Waals surface area (Å²) in [6.45, 7) is 1.26. The van der Waals surface area contributed by atoms with E-state index in [1.54, 1.807) is 42.6 Å². The first kappa shape index (κ1) is 30.8. The highest BCUT2D eigenvalue weighted by atomic mass is 16.4. The number of carboxylic acids is 1. The van der Waals surface area contributed by atoms with Gasteiger partial charge in [0.2, 0.25) is 23.6 Å². The van der Waals surface area contributed by atoms with Gasteiger partial charge in [-0.2, -0.15) is 0 Å². The van der Waals surface area contributed by atoms with Crippen molar-refractivity contribution in [2.24, 2.45) is 11.5 Å². The van der Waals surface area contributed by atoms with Gasteiger partial charge in [0.15, 0.2) is 0 Å². The fourth-order valence-corrected chi connectivity index (χ4v) is 4.29. The summed E-state index contributed by atoms with van der Waals surface area (Å²) in [4.78, 5) is 65.4. The zero-order valence-corrected chi connectivity index (χ0v) is 22.4. The molecule has 0 bridgehead atoms. The van der Waals surface area contributed by atoms with E-state index in [1.165, 1.54) is 6.92 Å². The van der Waals surface area contributed by atoms with E-state index in [0.29, 0.717) is 11.1 Å². The van der Waals surface area contributed by atoms with Crippen molar-refractivity contribution in [1.82, 2.24) is 20.9 Å². The predicted octanol–water partition coefficient (Wildman–Crippen LogP) is -0.924. The molecule has 5 unspecified atom stereocenters. The van der Waals surface area contributed by atoms with E-state index in [9.17, 15) is 34.2 Å². The number of rotatable bonds is 14. The maximum Gasteiger partial charge on any atom is 0.326 e. The Balaban J connectivity index is 1.80. The van der Waals surface area contributed by atoms with Gasteiger partial charge in [0.1, 0.15) is 18.1 Å². The minimum atomic E-state index is -1.55. The monoisotopic (exact) mass is 566 g/mol. The number of nitrogens with one attached hydrogen (secondary N) is 4. The maximum atomic E-state index is 13.4. The Morgan fingerprint density at radius 3 is 2.12 bits per heavy atom. The lowest BCUT2D eigenvalue weighted by atomic mass is 10.0. The lowest BCUT2D eigenvalue weighted by Crippen LogP contribution is -2.60. The number of hydrogen-bond acceptors (Lipinski definition) is 7. The molecule has 41 heavy (non-hydrogen) atoms. The average molecular weight is 567 g/mol. The van der Waals surface area contributed by atoms with Gasteiger partial charge in [-0.05, 0) is 24.1 Å². The molecule has 13 heteroatoms. The summed E-state index contributed by atoms with van der Waals surface area (Å²) in [5, 5.41) is 28.1. The van der Waals surface area contributed by atoms with Gasteiger partial charge in [0, 0.05) is 29.9 Å². The third kappa shape index (κ3) is 8.62. The molecule has 1 aromatic heterocycles. The Kier molecular flexibility index (Phi) is 10.6. The van der Waals surface area contributed by atoms with Gasteiger partial charge in [-0.25, -0.2) is 4.79 Å². The van der Waals surface area contributed by atoms with E-state index in [0.717, 1.165) is 10.9 Å². The molecule has 0 fully saturated rings. The molecule has 0 aliphatic rings. The van der Waals surface area contributed by atoms with Crippen LogP contribution in [0.25, 0.3) is 10.9 Å². The van der Waals surface area contributed by atoms with Gasteiger partial charge in [0.25, 0.3) is 0 Å². The number of aliphatic hydroxyl groups excluding tert-OH is 1. The number of hydrogen-bond donors (Lipinski definition) is 8. The van der Waals surface area contributed by atoms with Crippen LogP contribution >= 0.6 is 0 Å². The molecule has 13 nitrogen and oxygen atoms in total. The number of aliphatic carboxylic acids is 1. The van der Waals surface area contributed by atoms with Crippen LogP contribution in [0.15, 0.2) is 60.8 Å². The second kappa shape index (κ2) is 14.1. The molecule has 4 amide bonds. The molecule has 218 valence electrons. The standard InChI is InChI=1S/C28H34N6O7/c1-15(35)24(27(39)33-22(28(40)41)11-16-7-3-2-4-8-16)34-26(38)21(32-25(37)19(29)13-23(30)36)12-17-14-31-20-10-6-5-9-18(17)20/h2-10,14-15,19,21-22,24,31,35H,11-13,29H2,1H3,(H2,30,36)(H,32,37)(H,33,39)(H,34,38)(H,40,41). The number of primary amides is 1. The van der Waals surface area contributed by atoms with E-state index in [4.69, 9.17) is 11.5 Å². The van der Waals surface area contributed by atoms with Gasteiger partial charge in [-0.15, -0.1) is 0 Å². The Morgan fingerprint density at radius 1 is 0.854 bits per heavy atom. The van der Waals surface area contributed by atoms with E-state index in [1.807, 2.05) is 18.2 Å². The van der Waals surface area contributed by atoms with Gasteiger partial charge in [0.05, 0.1) is 18.6 Å². The Hall–Kier alpha value is -4.75. The van der Waals surface area contributed by atoms with Crippen LogP contribution in [0.2, 0.25) is 0 Å². The Labute approximate surface area is 235 Å². The molecule has 10 N–H and O–H groups in total. The van der Waals surface area contributed by atoms with Crippen LogP contribution in [0.4, 0.5) is 0 Å². The first-order valence-corrected chi connectivity index (χ1v) is 12.9. The van der Waals surface area contributed by atoms with Gasteiger partial charge in [-0.3, -0.25) is 19.2 Å². The summed E-state index contributed by atoms with van der Waals surface area (Å²) in [5.41, 5.74) is 13.0. The molecule has 3 aromatic rings. The van der Waals surface area contributed by atoms with Crippen molar-refractivity contribution in [3.8, 4) is 0 Å². The van der Waals surface area contributed by atoms with Crippen LogP contribution in [0.1, 0.15) is 24.5 Å². The van der Waals surface area contributed by atoms with Gasteiger partial charge >= 0.3 is 5.97 Å². The van der Waals surface area contributed by atoms with Crippen molar-refractivity contribution < 1.29 is 34.2 Å². The molecule has 3 rings (SSSR count). The predicted molar refractivity (Wildman–Crippen MR) is 149 cm³/mol. The van der Waals surface area contributed by atoms with Crippen molar-refractivity contribution in [1.29, 1.82) is 0 Å². The maximum absolute atomic E-state index is 13.4. The third-order valence-corrected chi connectivity index (χ3v) is 6.45. The molecule has 1 heterocycles. The highest BCUT2D eigenvalue weighted by Gasteiger charge is 2.33. The van der Waals surface area contributed by atoms with Gasteiger partial charge in [-0.1, -0.05) is 48.5 Å². The van der Waals surface area contributed by atoms with Crippen LogP contribution < -0.4 is 27.4 Å². The molecular weight excluding hydrogens is 532 g/mol. The number of carbonyl (C=O) groups excluding carboxylic acids is 4. The smallest absolute Gasteiger partial charge is 0.326 e. The lowest BCUT2D eigenvalue weighted by molar-refractivity contribution is -0.143. The van der Waals surface area contributed by atoms with Crippen LogP contribution in [0.5, 0.6) is 0 Å². The molecule has 0 saturated carbocycles. The third-order valence-electron chi connectivity index (χ3n) is 6.45. The lowest BCUT2D eigenvalue weighted by Gasteiger charge is -2.26. The zero-order chi connectivity index (χ0) is 30.1. The number of aromatic nitrogens is 1. The van der Waals surface area contributed by atoms with E-state index in [-0.39, 0.29) is 12.8 Å². The highest BCUT2D eigenvalue weighted by molar-refractivity contribution is 5.96. The number of benzene rings is 2. The number of aliphatic hydroxyl groups is 1. The van der Waals surface area contributed by atoms with E-state index < -0.39 is 66.3 Å². The fraction of sp³-hybridized carbons (Fsp3) is 0.321. The molecule has 5 atom stereocenters. The molecule has 0 spiro atoms. The van der Waals surface area contributed by atoms with E-state index >= 15 is 0 Å². The second-order valence-corrected chi connectivity index (χ2v) is 9.72. The molecular formula is C28H34N6O7. The van der Waals surface area contributed by atoms with E-state index in [2.05, 4.69) is 20.9 Å². The van der Waals surface area contributed by atoms with Crippen LogP contribution in [0, 0.1) is 0 Å². The summed E-state index contributed by atoms with van der Waals surface area (Å²) >= 11 is 0. The summed E-state index contributed by atoms with van der Waals surface area (Å²) in [6.07, 6.45) is -0.277. The fourth-order valence-electron chi connectivity index (χ4n) is 4.29. The number of carboxylic acid groups (broad SMARTS) is 1. The average Bonchev–Trinajstić information content (AvgIpc) is 3.33. The first-order chi connectivity index (χ1) is 19.5. The molecule has 2 aromatic carbocycles. The SMILES string of the molecule is CC(O)C(NC(=O)C(Cc1c[nH]c2ccccc12)NC(=O)C(N)CC(N)=O)C(=O)NC(Cc1ccccc1)C(=O)O. The van der Waals surface area contributed by atoms with Crippen LogP contribution in [-0.4, -0.2) is 75.1 Å². The first-order valence-electron chi connectivity index (χ1n) is 12.9. The number of fused-ring (bicyclic) bond motifs is 1. The minimum Gasteiger partial charge on any atom is -0.480 e. The zero-order valence-electron chi connectivity index (χ0n) is 22.4. The number of H-pyrrole nitrogens is 1. The topological polar surface area (TPSA) is 230 Å². The van der Waals surface area contributed by atoms with Crippen LogP contribution in [-0.2, 0) is 36.8 Å². The minimum absolute atomic E-state index is 0.0284. The largest absolute Gasteiger partial charge is 0.480 e. The number of para-hydroxylation sites is 1. The van der Waals surface area contributed by atoms with Crippen molar-refractivity contribution in [2.75, 3.05) is 0 Å². The normalized spacial score (nSPS) is 14.7. The van der Waals surface area contributed by atoms with Crippen LogP contribution in [0.3, 0.4) is 0 Å². The van der Waals surface area contributed by atoms with Crippen molar-refractivity contribution >= 4 is 40.5 Å². The second-order valence-electron chi connectivity index (χ2n) is 9.72. The molecule has 0 aliphatic heterocycles. The summed E-state index contributed by atoms with van der Waals surface area (Å²) < 4.78 is 0. The number of nitrogens with two attached hydrogens (primary N) is 2. The molecule has 0 saturated heterocycles. The summed E-state index contributed by atoms with van der Waals surface area (Å²) in [6, 6.07) is 10.4. The molecule has 0 radical (unpaired) electrons. The quantitative estimate of drug-likeness (QED) is 0.121. The summed E-state index contributed by atoms with van der Waals surface area (Å²) in [7, 11) is 0. The van der Waals surface area contributed by atoms with Crippen molar-refractivity contribution in [3.05, 3.63) is 71.9 Å². The Morgan fingerprint density at radius 2 is 1.49 bits per heavy atom. The number of carbonyl (C=O) groups is 5. The summed E-state index contributed by atoms with van der Waals surface area (Å²) in [5.74, 6) is -4.70. The van der Waals surface area contributed by atoms with Crippen molar-refractivity contribution in [3.63, 3.8) is 0 Å².